The fraction of sp³-hybridized carbons (Fsp3) is 0.105. The molecule has 0 unspecified atom stereocenters. The van der Waals surface area contributed by atoms with Crippen molar-refractivity contribution in [2.24, 2.45) is 0 Å². The Kier molecular flexibility index (Phi) is 2.32. The predicted octanol–water partition coefficient (Wildman–Crippen LogP) is 4.14. The first-order chi connectivity index (χ1) is 11.2. The van der Waals surface area contributed by atoms with E-state index in [-0.39, 0.29) is 12.2 Å². The summed E-state index contributed by atoms with van der Waals surface area (Å²) in [5.74, 6) is 1.40. The van der Waals surface area contributed by atoms with Gasteiger partial charge in [0.05, 0.1) is 10.8 Å². The standard InChI is InChI=1S/C19H12O4/c1-10-3-2-4-14-17(10)18(20)12-6-5-11-7-15-16(22-9-21-15)8-13(11)19(12)23-14/h2-8H,9H2,1H3. The summed E-state index contributed by atoms with van der Waals surface area (Å²) in [7, 11) is 0. The van der Waals surface area contributed by atoms with E-state index in [2.05, 4.69) is 0 Å². The van der Waals surface area contributed by atoms with Gasteiger partial charge in [-0.15, -0.1) is 0 Å². The van der Waals surface area contributed by atoms with Crippen molar-refractivity contribution >= 4 is 32.7 Å². The van der Waals surface area contributed by atoms with Gasteiger partial charge in [0.25, 0.3) is 0 Å². The molecule has 4 aromatic rings. The second-order valence-corrected chi connectivity index (χ2v) is 5.75. The largest absolute Gasteiger partial charge is 0.455 e. The molecule has 5 rings (SSSR count). The van der Waals surface area contributed by atoms with E-state index in [4.69, 9.17) is 13.9 Å². The van der Waals surface area contributed by atoms with Crippen molar-refractivity contribution in [2.45, 2.75) is 6.92 Å². The van der Waals surface area contributed by atoms with Gasteiger partial charge < -0.3 is 13.9 Å². The highest BCUT2D eigenvalue weighted by molar-refractivity contribution is 6.07. The third-order valence-corrected chi connectivity index (χ3v) is 4.38. The lowest BCUT2D eigenvalue weighted by atomic mass is 10.0. The van der Waals surface area contributed by atoms with Crippen LogP contribution in [0.5, 0.6) is 11.5 Å². The van der Waals surface area contributed by atoms with Crippen LogP contribution in [0.15, 0.2) is 51.7 Å². The van der Waals surface area contributed by atoms with Crippen LogP contribution in [0.3, 0.4) is 0 Å². The van der Waals surface area contributed by atoms with E-state index in [1.54, 1.807) is 0 Å². The smallest absolute Gasteiger partial charge is 0.231 e. The van der Waals surface area contributed by atoms with Crippen LogP contribution in [-0.4, -0.2) is 6.79 Å². The topological polar surface area (TPSA) is 48.7 Å². The van der Waals surface area contributed by atoms with Gasteiger partial charge in [0.15, 0.2) is 11.5 Å². The lowest BCUT2D eigenvalue weighted by Gasteiger charge is -2.07. The molecule has 0 spiro atoms. The zero-order chi connectivity index (χ0) is 15.6. The molecule has 4 heteroatoms. The molecule has 2 heterocycles. The zero-order valence-corrected chi connectivity index (χ0v) is 12.4. The fourth-order valence-corrected chi connectivity index (χ4v) is 3.24. The molecule has 4 nitrogen and oxygen atoms in total. The highest BCUT2D eigenvalue weighted by Gasteiger charge is 2.18. The first-order valence-electron chi connectivity index (χ1n) is 7.41. The molecule has 23 heavy (non-hydrogen) atoms. The maximum atomic E-state index is 12.9. The number of hydrogen-bond acceptors (Lipinski definition) is 4. The Hall–Kier alpha value is -3.01. The SMILES string of the molecule is Cc1cccc2oc3c(ccc4cc5c(cc43)OCO5)c(=O)c12. The summed E-state index contributed by atoms with van der Waals surface area (Å²) < 4.78 is 16.9. The van der Waals surface area contributed by atoms with Gasteiger partial charge in [-0.05, 0) is 42.1 Å². The molecule has 0 saturated heterocycles. The summed E-state index contributed by atoms with van der Waals surface area (Å²) in [5.41, 5.74) is 2.11. The van der Waals surface area contributed by atoms with E-state index in [0.717, 1.165) is 22.1 Å². The number of rotatable bonds is 0. The maximum absolute atomic E-state index is 12.9. The first kappa shape index (κ1) is 12.5. The minimum atomic E-state index is -0.00100. The Morgan fingerprint density at radius 1 is 0.957 bits per heavy atom. The van der Waals surface area contributed by atoms with Crippen LogP contribution in [0.25, 0.3) is 32.7 Å². The third kappa shape index (κ3) is 1.63. The Morgan fingerprint density at radius 2 is 1.78 bits per heavy atom. The Balaban J connectivity index is 2.01. The van der Waals surface area contributed by atoms with Gasteiger partial charge in [0.2, 0.25) is 12.2 Å². The molecule has 1 aliphatic heterocycles. The molecular formula is C19H12O4. The van der Waals surface area contributed by atoms with Crippen molar-refractivity contribution < 1.29 is 13.9 Å². The van der Waals surface area contributed by atoms with Crippen LogP contribution in [0, 0.1) is 6.92 Å². The molecule has 0 saturated carbocycles. The van der Waals surface area contributed by atoms with E-state index in [0.29, 0.717) is 27.7 Å². The molecular weight excluding hydrogens is 292 g/mol. The molecule has 0 bridgehead atoms. The van der Waals surface area contributed by atoms with Gasteiger partial charge >= 0.3 is 0 Å². The molecule has 3 aromatic carbocycles. The van der Waals surface area contributed by atoms with Gasteiger partial charge in [-0.1, -0.05) is 18.2 Å². The van der Waals surface area contributed by atoms with Gasteiger partial charge in [-0.25, -0.2) is 0 Å². The third-order valence-electron chi connectivity index (χ3n) is 4.38. The van der Waals surface area contributed by atoms with Crippen LogP contribution < -0.4 is 14.9 Å². The molecule has 0 fully saturated rings. The quantitative estimate of drug-likeness (QED) is 0.362. The number of fused-ring (bicyclic) bond motifs is 5. The summed E-state index contributed by atoms with van der Waals surface area (Å²) in [6.45, 7) is 2.14. The van der Waals surface area contributed by atoms with Crippen molar-refractivity contribution in [1.29, 1.82) is 0 Å². The lowest BCUT2D eigenvalue weighted by molar-refractivity contribution is 0.174. The molecule has 0 aliphatic carbocycles. The van der Waals surface area contributed by atoms with Crippen LogP contribution in [0.2, 0.25) is 0 Å². The van der Waals surface area contributed by atoms with Crippen molar-refractivity contribution in [3.63, 3.8) is 0 Å². The van der Waals surface area contributed by atoms with Gasteiger partial charge in [0.1, 0.15) is 11.2 Å². The predicted molar refractivity (Wildman–Crippen MR) is 88.4 cm³/mol. The summed E-state index contributed by atoms with van der Waals surface area (Å²) in [5, 5.41) is 3.03. The molecule has 112 valence electrons. The fourth-order valence-electron chi connectivity index (χ4n) is 3.24. The van der Waals surface area contributed by atoms with E-state index in [9.17, 15) is 4.79 Å². The number of ether oxygens (including phenoxy) is 2. The second-order valence-electron chi connectivity index (χ2n) is 5.75. The lowest BCUT2D eigenvalue weighted by Crippen LogP contribution is -2.03. The number of benzene rings is 3. The monoisotopic (exact) mass is 304 g/mol. The van der Waals surface area contributed by atoms with Crippen LogP contribution in [-0.2, 0) is 0 Å². The van der Waals surface area contributed by atoms with Crippen LogP contribution in [0.4, 0.5) is 0 Å². The average molecular weight is 304 g/mol. The number of hydrogen-bond donors (Lipinski definition) is 0. The van der Waals surface area contributed by atoms with Crippen molar-refractivity contribution in [1.82, 2.24) is 0 Å². The Morgan fingerprint density at radius 3 is 2.65 bits per heavy atom. The molecule has 0 amide bonds. The van der Waals surface area contributed by atoms with Crippen molar-refractivity contribution in [2.75, 3.05) is 6.79 Å². The number of aryl methyl sites for hydroxylation is 1. The molecule has 1 aliphatic rings. The van der Waals surface area contributed by atoms with E-state index < -0.39 is 0 Å². The molecule has 0 atom stereocenters. The van der Waals surface area contributed by atoms with Crippen LogP contribution in [0.1, 0.15) is 5.56 Å². The summed E-state index contributed by atoms with van der Waals surface area (Å²) >= 11 is 0. The minimum absolute atomic E-state index is 0.00100. The van der Waals surface area contributed by atoms with Gasteiger partial charge in [-0.2, -0.15) is 0 Å². The van der Waals surface area contributed by atoms with Gasteiger partial charge in [-0.3, -0.25) is 4.79 Å². The normalized spacial score (nSPS) is 13.3. The van der Waals surface area contributed by atoms with Crippen molar-refractivity contribution in [3.05, 3.63) is 58.3 Å². The maximum Gasteiger partial charge on any atom is 0.231 e. The summed E-state index contributed by atoms with van der Waals surface area (Å²) in [6, 6.07) is 13.2. The van der Waals surface area contributed by atoms with E-state index >= 15 is 0 Å². The zero-order valence-electron chi connectivity index (χ0n) is 12.4. The summed E-state index contributed by atoms with van der Waals surface area (Å²) in [6.07, 6.45) is 0. The molecule has 1 aromatic heterocycles. The average Bonchev–Trinajstić information content (AvgIpc) is 3.00. The van der Waals surface area contributed by atoms with Gasteiger partial charge in [0, 0.05) is 5.39 Å². The highest BCUT2D eigenvalue weighted by atomic mass is 16.7. The molecule has 0 N–H and O–H groups in total. The first-order valence-corrected chi connectivity index (χ1v) is 7.41. The summed E-state index contributed by atoms with van der Waals surface area (Å²) in [4.78, 5) is 12.9. The Labute approximate surface area is 130 Å². The highest BCUT2D eigenvalue weighted by Crippen LogP contribution is 2.38. The minimum Gasteiger partial charge on any atom is -0.455 e. The van der Waals surface area contributed by atoms with E-state index in [1.807, 2.05) is 49.4 Å². The Bertz CT molecular complexity index is 1170. The van der Waals surface area contributed by atoms with Crippen LogP contribution >= 0.6 is 0 Å². The van der Waals surface area contributed by atoms with E-state index in [1.165, 1.54) is 0 Å². The molecule has 0 radical (unpaired) electrons. The van der Waals surface area contributed by atoms with Crippen molar-refractivity contribution in [3.8, 4) is 11.5 Å². The second kappa shape index (κ2) is 4.26.